The molecule has 0 spiro atoms. The van der Waals surface area contributed by atoms with Gasteiger partial charge in [-0.2, -0.15) is 0 Å². The average molecular weight is 664 g/mol. The first kappa shape index (κ1) is 42.6. The molecule has 0 aliphatic carbocycles. The lowest BCUT2D eigenvalue weighted by molar-refractivity contribution is -0.730. The molecule has 2 unspecified atom stereocenters. The van der Waals surface area contributed by atoms with Gasteiger partial charge < -0.3 is 0 Å². The van der Waals surface area contributed by atoms with Gasteiger partial charge in [0.1, 0.15) is 18.4 Å². The minimum absolute atomic E-state index is 0.602. The van der Waals surface area contributed by atoms with Crippen LogP contribution in [0.3, 0.4) is 0 Å². The van der Waals surface area contributed by atoms with Gasteiger partial charge in [0, 0.05) is 5.92 Å². The van der Waals surface area contributed by atoms with E-state index in [1.165, 1.54) is 217 Å². The summed E-state index contributed by atoms with van der Waals surface area (Å²) >= 11 is 0. The molecule has 0 aliphatic heterocycles. The molecule has 0 fully saturated rings. The summed E-state index contributed by atoms with van der Waals surface area (Å²) in [6, 6.07) is 11.9. The molecule has 276 valence electrons. The maximum Gasteiger partial charge on any atom is 0.241 e. The first-order valence-electron chi connectivity index (χ1n) is 21.9. The van der Waals surface area contributed by atoms with Crippen LogP contribution in [-0.2, 0) is 6.42 Å². The van der Waals surface area contributed by atoms with Gasteiger partial charge in [-0.15, -0.1) is 0 Å². The van der Waals surface area contributed by atoms with Crippen molar-refractivity contribution in [3.8, 4) is 0 Å². The first-order valence-corrected chi connectivity index (χ1v) is 21.9. The number of H-pyrrole nitrogens is 1. The third-order valence-electron chi connectivity index (χ3n) is 11.1. The Balaban J connectivity index is 1.62. The van der Waals surface area contributed by atoms with Crippen molar-refractivity contribution in [1.82, 2.24) is 4.98 Å². The maximum atomic E-state index is 3.37. The average Bonchev–Trinajstić information content (AvgIpc) is 3.65. The molecule has 1 aromatic carbocycles. The third kappa shape index (κ3) is 23.7. The summed E-state index contributed by atoms with van der Waals surface area (Å²) in [4.78, 5) is 3.37. The fourth-order valence-electron chi connectivity index (χ4n) is 7.99. The zero-order valence-electron chi connectivity index (χ0n) is 32.6. The Hall–Kier alpha value is -1.57. The number of hydrogen-bond acceptors (Lipinski definition) is 0. The fourth-order valence-corrected chi connectivity index (χ4v) is 7.99. The number of nitrogens with zero attached hydrogens (tertiary/aromatic N) is 1. The van der Waals surface area contributed by atoms with Crippen LogP contribution in [0.25, 0.3) is 0 Å². The second-order valence-corrected chi connectivity index (χ2v) is 15.6. The van der Waals surface area contributed by atoms with Crippen LogP contribution >= 0.6 is 0 Å². The van der Waals surface area contributed by atoms with Crippen molar-refractivity contribution >= 4 is 0 Å². The maximum absolute atomic E-state index is 3.37. The first-order chi connectivity index (χ1) is 23.8. The highest BCUT2D eigenvalue weighted by molar-refractivity contribution is 5.15. The number of rotatable bonds is 36. The van der Waals surface area contributed by atoms with Gasteiger partial charge >= 0.3 is 0 Å². The van der Waals surface area contributed by atoms with Crippen LogP contribution in [0, 0.1) is 5.92 Å². The summed E-state index contributed by atoms with van der Waals surface area (Å²) in [7, 11) is 0. The molecule has 2 nitrogen and oxygen atoms in total. The molecule has 0 saturated carbocycles. The predicted octanol–water partition coefficient (Wildman–Crippen LogP) is 15.2. The number of benzene rings is 1. The molecule has 0 saturated heterocycles. The van der Waals surface area contributed by atoms with E-state index in [9.17, 15) is 0 Å². The van der Waals surface area contributed by atoms with Crippen LogP contribution in [-0.4, -0.2) is 4.98 Å². The molecule has 0 aliphatic rings. The van der Waals surface area contributed by atoms with Crippen molar-refractivity contribution in [2.75, 3.05) is 0 Å². The van der Waals surface area contributed by atoms with Crippen LogP contribution in [0.4, 0.5) is 0 Å². The van der Waals surface area contributed by atoms with Crippen LogP contribution < -0.4 is 4.57 Å². The topological polar surface area (TPSA) is 19.7 Å². The van der Waals surface area contributed by atoms with E-state index in [1.807, 2.05) is 0 Å². The highest BCUT2D eigenvalue weighted by atomic mass is 15.1. The lowest BCUT2D eigenvalue weighted by Gasteiger charge is -2.25. The Morgan fingerprint density at radius 2 is 0.833 bits per heavy atom. The largest absolute Gasteiger partial charge is 0.250 e. The molecule has 2 aromatic rings. The van der Waals surface area contributed by atoms with Crippen molar-refractivity contribution < 1.29 is 4.57 Å². The number of unbranched alkanes of at least 4 members (excludes halogenated alkanes) is 28. The predicted molar refractivity (Wildman–Crippen MR) is 213 cm³/mol. The Morgan fingerprint density at radius 3 is 1.21 bits per heavy atom. The van der Waals surface area contributed by atoms with Crippen LogP contribution in [0.1, 0.15) is 231 Å². The van der Waals surface area contributed by atoms with Crippen molar-refractivity contribution in [3.63, 3.8) is 0 Å². The molecule has 2 rings (SSSR count). The lowest BCUT2D eigenvalue weighted by atomic mass is 9.84. The summed E-state index contributed by atoms with van der Waals surface area (Å²) in [5.74, 6) is 0.710. The number of aromatic amines is 1. The zero-order chi connectivity index (χ0) is 34.0. The Bertz CT molecular complexity index is 875. The zero-order valence-corrected chi connectivity index (χ0v) is 32.6. The quantitative estimate of drug-likeness (QED) is 0.0553. The van der Waals surface area contributed by atoms with Crippen molar-refractivity contribution in [1.29, 1.82) is 0 Å². The monoisotopic (exact) mass is 664 g/mol. The van der Waals surface area contributed by atoms with Crippen molar-refractivity contribution in [3.05, 3.63) is 54.6 Å². The van der Waals surface area contributed by atoms with Crippen LogP contribution in [0.5, 0.6) is 0 Å². The van der Waals surface area contributed by atoms with E-state index in [2.05, 4.69) is 72.5 Å². The molecule has 48 heavy (non-hydrogen) atoms. The second kappa shape index (κ2) is 32.6. The SMILES string of the molecule is CCCCCCCCCCCCCCCCCCCC(C(CCCCCCCCCCCCCCC)Cc1ccccc1)[n+]1cc[nH]c1. The van der Waals surface area contributed by atoms with Gasteiger partial charge in [0.05, 0.1) is 0 Å². The molecular formula is C46H83N2+. The van der Waals surface area contributed by atoms with Gasteiger partial charge in [0.15, 0.2) is 0 Å². The minimum atomic E-state index is 0.602. The minimum Gasteiger partial charge on any atom is -0.250 e. The number of aromatic nitrogens is 2. The molecule has 0 amide bonds. The van der Waals surface area contributed by atoms with Crippen molar-refractivity contribution in [2.24, 2.45) is 5.92 Å². The summed E-state index contributed by atoms with van der Waals surface area (Å²) in [5, 5.41) is 0. The number of nitrogens with one attached hydrogen (secondary N) is 1. The third-order valence-corrected chi connectivity index (χ3v) is 11.1. The van der Waals surface area contributed by atoms with Crippen LogP contribution in [0.2, 0.25) is 0 Å². The summed E-state index contributed by atoms with van der Waals surface area (Å²) in [6.45, 7) is 4.62. The standard InChI is InChI=1S/C46H82N2/c1-3-5-7-9-11-13-15-17-18-19-20-22-24-26-28-30-35-39-46(48-41-40-47-43-48)45(42-44-36-32-31-33-37-44)38-34-29-27-25-23-21-16-14-12-10-8-6-4-2/h31-33,36-37,40-41,43,45-46H,3-30,34-35,38-39,42H2,1-2H3/p+1. The van der Waals surface area contributed by atoms with E-state index in [1.54, 1.807) is 0 Å². The summed E-state index contributed by atoms with van der Waals surface area (Å²) in [6.07, 6.45) is 53.7. The van der Waals surface area contributed by atoms with E-state index >= 15 is 0 Å². The molecule has 1 heterocycles. The van der Waals surface area contributed by atoms with E-state index in [0.717, 1.165) is 0 Å². The summed E-state index contributed by atoms with van der Waals surface area (Å²) in [5.41, 5.74) is 1.51. The van der Waals surface area contributed by atoms with Gasteiger partial charge in [0.25, 0.3) is 0 Å². The molecule has 0 bridgehead atoms. The van der Waals surface area contributed by atoms with Crippen LogP contribution in [0.15, 0.2) is 49.1 Å². The van der Waals surface area contributed by atoms with E-state index < -0.39 is 0 Å². The van der Waals surface area contributed by atoms with Crippen molar-refractivity contribution in [2.45, 2.75) is 232 Å². The normalized spacial score (nSPS) is 12.9. The Kier molecular flexibility index (Phi) is 29.0. The number of imidazole rings is 1. The molecular weight excluding hydrogens is 581 g/mol. The molecule has 2 heteroatoms. The molecule has 1 aromatic heterocycles. The molecule has 0 radical (unpaired) electrons. The highest BCUT2D eigenvalue weighted by Crippen LogP contribution is 2.29. The number of hydrogen-bond donors (Lipinski definition) is 1. The van der Waals surface area contributed by atoms with Gasteiger partial charge in [-0.05, 0) is 31.2 Å². The lowest BCUT2D eigenvalue weighted by Crippen LogP contribution is -2.42. The van der Waals surface area contributed by atoms with Gasteiger partial charge in [-0.1, -0.05) is 230 Å². The Morgan fingerprint density at radius 1 is 0.458 bits per heavy atom. The fraction of sp³-hybridized carbons (Fsp3) is 0.804. The van der Waals surface area contributed by atoms with E-state index in [4.69, 9.17) is 0 Å². The highest BCUT2D eigenvalue weighted by Gasteiger charge is 2.26. The molecule has 1 N–H and O–H groups in total. The van der Waals surface area contributed by atoms with Gasteiger partial charge in [-0.3, -0.25) is 4.98 Å². The van der Waals surface area contributed by atoms with Gasteiger partial charge in [-0.25, -0.2) is 4.57 Å². The molecule has 2 atom stereocenters. The van der Waals surface area contributed by atoms with E-state index in [-0.39, 0.29) is 0 Å². The second-order valence-electron chi connectivity index (χ2n) is 15.6. The Labute approximate surface area is 301 Å². The van der Waals surface area contributed by atoms with E-state index in [0.29, 0.717) is 12.0 Å². The smallest absolute Gasteiger partial charge is 0.241 e. The van der Waals surface area contributed by atoms with Gasteiger partial charge in [0.2, 0.25) is 6.33 Å². The summed E-state index contributed by atoms with van der Waals surface area (Å²) < 4.78 is 2.52.